The van der Waals surface area contributed by atoms with Gasteiger partial charge in [-0.3, -0.25) is 4.79 Å². The van der Waals surface area contributed by atoms with E-state index in [0.717, 1.165) is 50.8 Å². The van der Waals surface area contributed by atoms with Gasteiger partial charge in [0.05, 0.1) is 5.41 Å². The molecule has 0 spiro atoms. The highest BCUT2D eigenvalue weighted by molar-refractivity contribution is 5.89. The van der Waals surface area contributed by atoms with Crippen molar-refractivity contribution in [3.8, 4) is 0 Å². The number of fused-ring (bicyclic) bond motifs is 2. The van der Waals surface area contributed by atoms with Crippen LogP contribution in [0.1, 0.15) is 57.6 Å². The lowest BCUT2D eigenvalue weighted by molar-refractivity contribution is -0.148. The highest BCUT2D eigenvalue weighted by Gasteiger charge is 2.32. The van der Waals surface area contributed by atoms with E-state index in [2.05, 4.69) is 30.1 Å². The molecule has 1 N–H and O–H groups in total. The Kier molecular flexibility index (Phi) is 6.02. The summed E-state index contributed by atoms with van der Waals surface area (Å²) in [5, 5.41) is 9.49. The second kappa shape index (κ2) is 8.58. The van der Waals surface area contributed by atoms with Crippen LogP contribution in [0.2, 0.25) is 0 Å². The monoisotopic (exact) mass is 421 g/mol. The van der Waals surface area contributed by atoms with Crippen LogP contribution in [0.4, 0.5) is 4.39 Å². The number of carboxylic acid groups (broad SMARTS) is 1. The zero-order valence-corrected chi connectivity index (χ0v) is 18.8. The lowest BCUT2D eigenvalue weighted by Gasteiger charge is -2.34. The fourth-order valence-corrected chi connectivity index (χ4v) is 5.12. The van der Waals surface area contributed by atoms with Gasteiger partial charge in [-0.15, -0.1) is 0 Å². The predicted molar refractivity (Wildman–Crippen MR) is 123 cm³/mol. The van der Waals surface area contributed by atoms with E-state index in [1.165, 1.54) is 33.4 Å². The molecule has 1 fully saturated rings. The number of nitrogens with zero attached hydrogens (tertiary/aromatic N) is 1. The normalized spacial score (nSPS) is 20.1. The summed E-state index contributed by atoms with van der Waals surface area (Å²) in [6.07, 6.45) is 11.3. The van der Waals surface area contributed by atoms with E-state index in [1.807, 2.05) is 6.07 Å². The number of aliphatic carboxylic acids is 1. The quantitative estimate of drug-likeness (QED) is 0.657. The van der Waals surface area contributed by atoms with Crippen LogP contribution in [0.25, 0.3) is 5.57 Å². The molecule has 1 aliphatic heterocycles. The fourth-order valence-electron chi connectivity index (χ4n) is 5.12. The van der Waals surface area contributed by atoms with Gasteiger partial charge in [0, 0.05) is 19.6 Å². The summed E-state index contributed by atoms with van der Waals surface area (Å²) in [6.45, 7) is 8.04. The first-order valence-electron chi connectivity index (χ1n) is 11.3. The Balaban J connectivity index is 1.75. The molecule has 0 bridgehead atoms. The Morgan fingerprint density at radius 1 is 1.13 bits per heavy atom. The van der Waals surface area contributed by atoms with Crippen molar-refractivity contribution in [2.45, 2.75) is 52.9 Å². The first-order valence-corrected chi connectivity index (χ1v) is 11.3. The van der Waals surface area contributed by atoms with Gasteiger partial charge in [0.15, 0.2) is 0 Å². The van der Waals surface area contributed by atoms with Gasteiger partial charge in [0.1, 0.15) is 5.82 Å². The number of hydrogen-bond donors (Lipinski definition) is 1. The zero-order valence-electron chi connectivity index (χ0n) is 18.8. The van der Waals surface area contributed by atoms with Crippen LogP contribution in [0, 0.1) is 11.2 Å². The SMILES string of the molecule is CC1=C2C(=CCC=C1)CCc1cc(F)ccc1C2=C1CCN(CC(C)(C)C(=O)O)CC1. The van der Waals surface area contributed by atoms with Crippen molar-refractivity contribution in [3.05, 3.63) is 75.7 Å². The van der Waals surface area contributed by atoms with E-state index >= 15 is 0 Å². The van der Waals surface area contributed by atoms with Crippen LogP contribution in [0.5, 0.6) is 0 Å². The molecule has 0 aromatic heterocycles. The van der Waals surface area contributed by atoms with Gasteiger partial charge >= 0.3 is 5.97 Å². The lowest BCUT2D eigenvalue weighted by atomic mass is 9.83. The molecule has 4 heteroatoms. The number of aryl methyl sites for hydroxylation is 1. The summed E-state index contributed by atoms with van der Waals surface area (Å²) < 4.78 is 14.1. The van der Waals surface area contributed by atoms with Gasteiger partial charge in [-0.25, -0.2) is 4.39 Å². The van der Waals surface area contributed by atoms with Gasteiger partial charge < -0.3 is 10.0 Å². The number of carbonyl (C=O) groups is 1. The predicted octanol–water partition coefficient (Wildman–Crippen LogP) is 5.93. The van der Waals surface area contributed by atoms with Crippen molar-refractivity contribution < 1.29 is 14.3 Å². The number of likely N-dealkylation sites (tertiary alicyclic amines) is 1. The third-order valence-electron chi connectivity index (χ3n) is 6.84. The molecule has 0 saturated carbocycles. The second-order valence-electron chi connectivity index (χ2n) is 9.67. The van der Waals surface area contributed by atoms with E-state index < -0.39 is 11.4 Å². The fraction of sp³-hybridized carbons (Fsp3) is 0.444. The van der Waals surface area contributed by atoms with Gasteiger partial charge in [0.2, 0.25) is 0 Å². The Bertz CT molecular complexity index is 1020. The minimum Gasteiger partial charge on any atom is -0.481 e. The Hall–Kier alpha value is -2.46. The minimum atomic E-state index is -0.753. The van der Waals surface area contributed by atoms with Crippen molar-refractivity contribution in [2.24, 2.45) is 5.41 Å². The highest BCUT2D eigenvalue weighted by atomic mass is 19.1. The zero-order chi connectivity index (χ0) is 22.2. The maximum absolute atomic E-state index is 14.1. The second-order valence-corrected chi connectivity index (χ2v) is 9.67. The molecule has 1 aromatic rings. The third-order valence-corrected chi connectivity index (χ3v) is 6.84. The number of hydrogen-bond acceptors (Lipinski definition) is 2. The molecule has 1 saturated heterocycles. The first-order chi connectivity index (χ1) is 14.8. The van der Waals surface area contributed by atoms with Crippen LogP contribution in [-0.4, -0.2) is 35.6 Å². The van der Waals surface area contributed by atoms with E-state index in [9.17, 15) is 14.3 Å². The molecular formula is C27H32FNO2. The summed E-state index contributed by atoms with van der Waals surface area (Å²) in [4.78, 5) is 13.8. The van der Waals surface area contributed by atoms with Crippen LogP contribution < -0.4 is 0 Å². The van der Waals surface area contributed by atoms with E-state index in [-0.39, 0.29) is 5.82 Å². The molecule has 4 rings (SSSR count). The van der Waals surface area contributed by atoms with Gasteiger partial charge in [0.25, 0.3) is 0 Å². The number of benzene rings is 1. The molecule has 0 amide bonds. The Labute approximate surface area is 184 Å². The number of rotatable bonds is 3. The summed E-state index contributed by atoms with van der Waals surface area (Å²) in [5.41, 5.74) is 8.19. The lowest BCUT2D eigenvalue weighted by Crippen LogP contribution is -2.42. The molecular weight excluding hydrogens is 389 g/mol. The Morgan fingerprint density at radius 2 is 1.87 bits per heavy atom. The molecule has 3 aliphatic rings. The topological polar surface area (TPSA) is 40.5 Å². The molecule has 0 atom stereocenters. The summed E-state index contributed by atoms with van der Waals surface area (Å²) in [7, 11) is 0. The first kappa shape index (κ1) is 21.8. The third kappa shape index (κ3) is 4.45. The number of piperidine rings is 1. The maximum atomic E-state index is 14.1. The van der Waals surface area contributed by atoms with Crippen LogP contribution in [0.3, 0.4) is 0 Å². The van der Waals surface area contributed by atoms with Gasteiger partial charge in [-0.1, -0.05) is 29.9 Å². The minimum absolute atomic E-state index is 0.171. The molecule has 2 aliphatic carbocycles. The molecule has 164 valence electrons. The smallest absolute Gasteiger partial charge is 0.310 e. The van der Waals surface area contributed by atoms with Crippen LogP contribution in [0.15, 0.2) is 58.7 Å². The summed E-state index contributed by atoms with van der Waals surface area (Å²) >= 11 is 0. The van der Waals surface area contributed by atoms with Crippen molar-refractivity contribution in [1.82, 2.24) is 4.90 Å². The summed E-state index contributed by atoms with van der Waals surface area (Å²) in [5.74, 6) is -0.923. The van der Waals surface area contributed by atoms with Crippen molar-refractivity contribution in [2.75, 3.05) is 19.6 Å². The van der Waals surface area contributed by atoms with Crippen LogP contribution >= 0.6 is 0 Å². The maximum Gasteiger partial charge on any atom is 0.310 e. The molecule has 0 unspecified atom stereocenters. The Morgan fingerprint density at radius 3 is 2.58 bits per heavy atom. The van der Waals surface area contributed by atoms with E-state index in [1.54, 1.807) is 26.0 Å². The van der Waals surface area contributed by atoms with Gasteiger partial charge in [-0.2, -0.15) is 0 Å². The highest BCUT2D eigenvalue weighted by Crippen LogP contribution is 2.44. The average molecular weight is 422 g/mol. The number of allylic oxidation sites excluding steroid dienone is 7. The molecule has 31 heavy (non-hydrogen) atoms. The van der Waals surface area contributed by atoms with E-state index in [4.69, 9.17) is 0 Å². The van der Waals surface area contributed by atoms with Crippen LogP contribution in [-0.2, 0) is 11.2 Å². The van der Waals surface area contributed by atoms with Crippen molar-refractivity contribution >= 4 is 11.5 Å². The van der Waals surface area contributed by atoms with E-state index in [0.29, 0.717) is 6.54 Å². The molecule has 1 aromatic carbocycles. The molecule has 0 radical (unpaired) electrons. The number of halogens is 1. The number of carboxylic acids is 1. The summed E-state index contributed by atoms with van der Waals surface area (Å²) in [6, 6.07) is 5.25. The molecule has 3 nitrogen and oxygen atoms in total. The van der Waals surface area contributed by atoms with Crippen molar-refractivity contribution in [3.63, 3.8) is 0 Å². The van der Waals surface area contributed by atoms with Gasteiger partial charge in [-0.05, 0) is 98.4 Å². The van der Waals surface area contributed by atoms with Crippen molar-refractivity contribution in [1.29, 1.82) is 0 Å². The molecule has 1 heterocycles. The average Bonchev–Trinajstić information content (AvgIpc) is 2.99. The largest absolute Gasteiger partial charge is 0.481 e. The standard InChI is InChI=1S/C27H32FNO2/c1-18-6-4-5-7-19-8-9-21-16-22(28)10-11-23(21)25(24(18)19)20-12-14-29(15-13-20)17-27(2,3)26(30)31/h4,6-7,10-11,16H,5,8-9,12-15,17H2,1-3H3,(H,30,31).